The summed E-state index contributed by atoms with van der Waals surface area (Å²) in [5.74, 6) is 1.39. The zero-order valence-electron chi connectivity index (χ0n) is 29.9. The normalized spacial score (nSPS) is 27.6. The van der Waals surface area contributed by atoms with Crippen LogP contribution in [0.3, 0.4) is 0 Å². The van der Waals surface area contributed by atoms with Gasteiger partial charge in [-0.05, 0) is 104 Å². The maximum atomic E-state index is 12.3. The number of nitrogens with zero attached hydrogens (tertiary/aromatic N) is 1. The van der Waals surface area contributed by atoms with E-state index >= 15 is 0 Å². The molecule has 3 N–H and O–H groups in total. The highest BCUT2D eigenvalue weighted by molar-refractivity contribution is 8.77. The number of hydrogen-bond acceptors (Lipinski definition) is 11. The van der Waals surface area contributed by atoms with Gasteiger partial charge in [0.15, 0.2) is 23.0 Å². The first-order chi connectivity index (χ1) is 25.2. The molecule has 2 saturated carbocycles. The number of hydrogen-bond donors (Lipinski definition) is 3. The van der Waals surface area contributed by atoms with Crippen LogP contribution in [0.1, 0.15) is 100 Å². The molecule has 3 fully saturated rings. The Morgan fingerprint density at radius 3 is 2.67 bits per heavy atom. The Kier molecular flexibility index (Phi) is 12.0. The SMILES string of the molecule is CC(=O)O[C@@H]1C[C@@H](c2cc(O)c(O)c(OCCc3cccnc3)c2)O[C@@H]([C@@H]2CSSC3(CCCCC3)[C@H]3CCC[C@@H](C3)Oc3cc(ccc3O)C2)C1. The lowest BCUT2D eigenvalue weighted by Gasteiger charge is -2.46. The molecule has 2 aliphatic heterocycles. The minimum atomic E-state index is -0.514. The Labute approximate surface area is 314 Å². The topological polar surface area (TPSA) is 128 Å². The predicted octanol–water partition coefficient (Wildman–Crippen LogP) is 8.87. The van der Waals surface area contributed by atoms with Crippen LogP contribution < -0.4 is 9.47 Å². The third-order valence-corrected chi connectivity index (χ3v) is 14.9. The van der Waals surface area contributed by atoms with Crippen LogP contribution in [0.2, 0.25) is 0 Å². The number of phenols is 3. The third-order valence-electron chi connectivity index (χ3n) is 11.4. The third kappa shape index (κ3) is 8.91. The first-order valence-electron chi connectivity index (χ1n) is 18.9. The van der Waals surface area contributed by atoms with Gasteiger partial charge in [-0.1, -0.05) is 53.0 Å². The average Bonchev–Trinajstić information content (AvgIpc) is 3.15. The molecule has 2 aromatic carbocycles. The van der Waals surface area contributed by atoms with Crippen molar-refractivity contribution in [2.24, 2.45) is 11.8 Å². The summed E-state index contributed by atoms with van der Waals surface area (Å²) in [6.45, 7) is 1.72. The van der Waals surface area contributed by atoms with Crippen molar-refractivity contribution in [1.29, 1.82) is 0 Å². The fourth-order valence-electron chi connectivity index (χ4n) is 8.74. The van der Waals surface area contributed by atoms with Crippen molar-refractivity contribution >= 4 is 27.6 Å². The molecule has 6 atom stereocenters. The van der Waals surface area contributed by atoms with E-state index in [9.17, 15) is 20.1 Å². The molecule has 0 unspecified atom stereocenters. The summed E-state index contributed by atoms with van der Waals surface area (Å²) in [6, 6.07) is 12.8. The minimum Gasteiger partial charge on any atom is -0.504 e. The van der Waals surface area contributed by atoms with Crippen LogP contribution in [0.5, 0.6) is 28.7 Å². The van der Waals surface area contributed by atoms with Crippen molar-refractivity contribution in [2.75, 3.05) is 12.4 Å². The van der Waals surface area contributed by atoms with Gasteiger partial charge in [0.1, 0.15) is 6.10 Å². The predicted molar refractivity (Wildman–Crippen MR) is 203 cm³/mol. The second kappa shape index (κ2) is 16.8. The Morgan fingerprint density at radius 1 is 1.00 bits per heavy atom. The molecule has 2 aliphatic carbocycles. The van der Waals surface area contributed by atoms with Crippen LogP contribution in [0.15, 0.2) is 54.9 Å². The van der Waals surface area contributed by atoms with Crippen molar-refractivity contribution in [3.63, 3.8) is 0 Å². The number of rotatable bonds is 7. The number of ether oxygens (including phenoxy) is 4. The van der Waals surface area contributed by atoms with E-state index < -0.39 is 12.2 Å². The van der Waals surface area contributed by atoms with Crippen molar-refractivity contribution in [3.8, 4) is 28.7 Å². The number of aromatic hydroxyl groups is 3. The molecule has 3 heterocycles. The summed E-state index contributed by atoms with van der Waals surface area (Å²) in [6.07, 6.45) is 15.3. The van der Waals surface area contributed by atoms with Gasteiger partial charge in [-0.2, -0.15) is 0 Å². The van der Waals surface area contributed by atoms with Gasteiger partial charge in [-0.15, -0.1) is 0 Å². The smallest absolute Gasteiger partial charge is 0.302 e. The number of carbonyl (C=O) groups excluding carboxylic acids is 1. The van der Waals surface area contributed by atoms with Gasteiger partial charge in [0.05, 0.1) is 24.9 Å². The number of fused-ring (bicyclic) bond motifs is 5. The fourth-order valence-corrected chi connectivity index (χ4v) is 12.7. The molecule has 9 nitrogen and oxygen atoms in total. The van der Waals surface area contributed by atoms with Crippen molar-refractivity contribution < 1.29 is 39.1 Å². The van der Waals surface area contributed by atoms with Crippen molar-refractivity contribution in [3.05, 3.63) is 71.5 Å². The number of phenolic OH excluding ortho intramolecular Hbond substituents is 3. The lowest BCUT2D eigenvalue weighted by atomic mass is 9.72. The van der Waals surface area contributed by atoms with Crippen LogP contribution in [-0.4, -0.2) is 61.7 Å². The van der Waals surface area contributed by atoms with E-state index in [2.05, 4.69) is 15.8 Å². The molecule has 3 aromatic rings. The number of carbonyl (C=O) groups is 1. The summed E-state index contributed by atoms with van der Waals surface area (Å²) < 4.78 is 25.6. The Bertz CT molecular complexity index is 1670. The summed E-state index contributed by atoms with van der Waals surface area (Å²) >= 11 is 0. The van der Waals surface area contributed by atoms with E-state index in [1.807, 2.05) is 35.1 Å². The number of benzene rings is 2. The largest absolute Gasteiger partial charge is 0.504 e. The van der Waals surface area contributed by atoms with Crippen LogP contribution in [0, 0.1) is 11.8 Å². The standard InChI is InChI=1S/C41H51NO8S2/c1-26(43)48-33-22-36(29-19-35(45)40(46)39(20-29)47-16-12-27-7-6-15-42-24-27)50-37(23-33)30-17-28-10-11-34(44)38(18-28)49-32-9-5-8-31(21-32)41(52-51-25-30)13-3-2-4-14-41/h6-7,10-11,15,18-20,24,30-33,36-37,44-46H,2-5,8-9,12-14,16-17,21-23,25H2,1H3/t30-,31-,32-,33+,36-,37+/m0/s1. The van der Waals surface area contributed by atoms with E-state index in [1.165, 1.54) is 51.5 Å². The maximum absolute atomic E-state index is 12.3. The fraction of sp³-hybridized carbons (Fsp3) is 0.561. The molecule has 11 heteroatoms. The molecule has 7 rings (SSSR count). The monoisotopic (exact) mass is 749 g/mol. The zero-order chi connectivity index (χ0) is 36.1. The van der Waals surface area contributed by atoms with Gasteiger partial charge in [0, 0.05) is 49.1 Å². The molecule has 4 bridgehead atoms. The van der Waals surface area contributed by atoms with Crippen LogP contribution >= 0.6 is 21.6 Å². The second-order valence-electron chi connectivity index (χ2n) is 15.1. The van der Waals surface area contributed by atoms with E-state index in [1.54, 1.807) is 24.5 Å². The van der Waals surface area contributed by atoms with Gasteiger partial charge in [0.25, 0.3) is 0 Å². The lowest BCUT2D eigenvalue weighted by Crippen LogP contribution is -2.41. The van der Waals surface area contributed by atoms with E-state index in [0.717, 1.165) is 36.1 Å². The molecule has 4 aliphatic rings. The summed E-state index contributed by atoms with van der Waals surface area (Å²) in [7, 11) is 4.05. The van der Waals surface area contributed by atoms with Crippen molar-refractivity contribution in [1.82, 2.24) is 4.98 Å². The minimum absolute atomic E-state index is 0.0532. The molecule has 280 valence electrons. The van der Waals surface area contributed by atoms with Gasteiger partial charge in [-0.3, -0.25) is 9.78 Å². The molecule has 1 aromatic heterocycles. The second-order valence-corrected chi connectivity index (χ2v) is 17.8. The number of pyridine rings is 1. The maximum Gasteiger partial charge on any atom is 0.302 e. The van der Waals surface area contributed by atoms with Gasteiger partial charge < -0.3 is 34.3 Å². The molecule has 1 spiro atoms. The van der Waals surface area contributed by atoms with Crippen LogP contribution in [0.25, 0.3) is 0 Å². The Morgan fingerprint density at radius 2 is 1.87 bits per heavy atom. The molecule has 52 heavy (non-hydrogen) atoms. The van der Waals surface area contributed by atoms with E-state index in [-0.39, 0.29) is 58.4 Å². The molecular formula is C41H51NO8S2. The van der Waals surface area contributed by atoms with Gasteiger partial charge in [0.2, 0.25) is 5.75 Å². The molecular weight excluding hydrogens is 699 g/mol. The van der Waals surface area contributed by atoms with Crippen LogP contribution in [0.4, 0.5) is 0 Å². The van der Waals surface area contributed by atoms with Gasteiger partial charge >= 0.3 is 5.97 Å². The number of aromatic nitrogens is 1. The summed E-state index contributed by atoms with van der Waals surface area (Å²) in [5.41, 5.74) is 2.70. The Hall–Kier alpha value is -3.28. The van der Waals surface area contributed by atoms with E-state index in [0.29, 0.717) is 42.9 Å². The lowest BCUT2D eigenvalue weighted by molar-refractivity contribution is -0.163. The summed E-state index contributed by atoms with van der Waals surface area (Å²) in [4.78, 5) is 16.5. The van der Waals surface area contributed by atoms with Gasteiger partial charge in [-0.25, -0.2) is 0 Å². The number of esters is 1. The quantitative estimate of drug-likeness (QED) is 0.122. The summed E-state index contributed by atoms with van der Waals surface area (Å²) in [5, 5.41) is 32.4. The Balaban J connectivity index is 1.16. The van der Waals surface area contributed by atoms with E-state index in [4.69, 9.17) is 18.9 Å². The van der Waals surface area contributed by atoms with Crippen LogP contribution in [-0.2, 0) is 27.1 Å². The highest BCUT2D eigenvalue weighted by Crippen LogP contribution is 2.55. The molecule has 1 saturated heterocycles. The first kappa shape index (κ1) is 37.1. The molecule has 0 amide bonds. The zero-order valence-corrected chi connectivity index (χ0v) is 31.5. The first-order valence-corrected chi connectivity index (χ1v) is 21.3. The highest BCUT2D eigenvalue weighted by Gasteiger charge is 2.44. The highest BCUT2D eigenvalue weighted by atomic mass is 33.1. The average molecular weight is 750 g/mol. The molecule has 0 radical (unpaired) electrons. The van der Waals surface area contributed by atoms with Crippen molar-refractivity contribution in [2.45, 2.75) is 120 Å².